The Morgan fingerprint density at radius 2 is 1.79 bits per heavy atom. The number of hydrogen-bond acceptors (Lipinski definition) is 2. The van der Waals surface area contributed by atoms with Gasteiger partial charge in [-0.05, 0) is 72.6 Å². The van der Waals surface area contributed by atoms with Gasteiger partial charge in [0.25, 0.3) is 0 Å². The highest BCUT2D eigenvalue weighted by atomic mass is 79.9. The van der Waals surface area contributed by atoms with Crippen LogP contribution in [-0.4, -0.2) is 12.3 Å². The fourth-order valence-corrected chi connectivity index (χ4v) is 6.67. The molecule has 2 heterocycles. The van der Waals surface area contributed by atoms with E-state index in [1.54, 1.807) is 6.92 Å². The average molecular weight is 446 g/mol. The van der Waals surface area contributed by atoms with E-state index < -0.39 is 0 Å². The number of carbonyl (C=O) groups is 1. The predicted molar refractivity (Wildman–Crippen MR) is 121 cm³/mol. The van der Waals surface area contributed by atoms with E-state index in [-0.39, 0.29) is 5.78 Å². The van der Waals surface area contributed by atoms with Crippen LogP contribution in [0.5, 0.6) is 0 Å². The van der Waals surface area contributed by atoms with Crippen LogP contribution in [0.15, 0.2) is 65.2 Å². The predicted octanol–water partition coefficient (Wildman–Crippen LogP) is 6.55. The Balaban J connectivity index is 1.61. The van der Waals surface area contributed by atoms with Crippen LogP contribution in [0.3, 0.4) is 0 Å². The summed E-state index contributed by atoms with van der Waals surface area (Å²) in [6.07, 6.45) is 11.7. The monoisotopic (exact) mass is 445 g/mol. The van der Waals surface area contributed by atoms with E-state index in [0.29, 0.717) is 29.7 Å². The van der Waals surface area contributed by atoms with Gasteiger partial charge < -0.3 is 4.90 Å². The van der Waals surface area contributed by atoms with Crippen LogP contribution >= 0.6 is 15.9 Å². The van der Waals surface area contributed by atoms with Crippen molar-refractivity contribution >= 4 is 27.4 Å². The minimum atomic E-state index is 0.173. The third-order valence-electron chi connectivity index (χ3n) is 7.45. The largest absolute Gasteiger partial charge is 0.363 e. The summed E-state index contributed by atoms with van der Waals surface area (Å²) in [5.74, 6) is 2.15. The van der Waals surface area contributed by atoms with Gasteiger partial charge in [-0.2, -0.15) is 0 Å². The summed E-state index contributed by atoms with van der Waals surface area (Å²) in [6, 6.07) is 13.6. The molecule has 0 saturated heterocycles. The Hall–Kier alpha value is -2.13. The molecule has 0 fully saturated rings. The smallest absolute Gasteiger partial charge is 0.159 e. The minimum Gasteiger partial charge on any atom is -0.363 e. The number of fused-ring (bicyclic) bond motifs is 4. The Morgan fingerprint density at radius 1 is 1.03 bits per heavy atom. The molecule has 5 atom stereocenters. The van der Waals surface area contributed by atoms with Gasteiger partial charge in [0.05, 0.1) is 6.04 Å². The quantitative estimate of drug-likeness (QED) is 0.385. The summed E-state index contributed by atoms with van der Waals surface area (Å²) in [4.78, 5) is 15.0. The number of nitrogens with zero attached hydrogens (tertiary/aromatic N) is 1. The lowest BCUT2D eigenvalue weighted by molar-refractivity contribution is 0.101. The van der Waals surface area contributed by atoms with Crippen molar-refractivity contribution in [3.8, 4) is 0 Å². The second kappa shape index (κ2) is 6.43. The van der Waals surface area contributed by atoms with Crippen molar-refractivity contribution in [3.05, 3.63) is 87.4 Å². The van der Waals surface area contributed by atoms with Gasteiger partial charge in [0.1, 0.15) is 0 Å². The molecule has 146 valence electrons. The van der Waals surface area contributed by atoms with E-state index in [9.17, 15) is 4.79 Å². The van der Waals surface area contributed by atoms with Crippen molar-refractivity contribution in [1.29, 1.82) is 0 Å². The molecule has 0 N–H and O–H groups in total. The molecule has 2 aromatic carbocycles. The first kappa shape index (κ1) is 17.7. The maximum Gasteiger partial charge on any atom is 0.159 e. The van der Waals surface area contributed by atoms with Gasteiger partial charge in [0.15, 0.2) is 5.78 Å². The van der Waals surface area contributed by atoms with E-state index >= 15 is 0 Å². The highest BCUT2D eigenvalue weighted by Gasteiger charge is 2.47. The summed E-state index contributed by atoms with van der Waals surface area (Å²) in [6.45, 7) is 2.80. The summed E-state index contributed by atoms with van der Waals surface area (Å²) in [5.41, 5.74) is 6.42. The van der Waals surface area contributed by atoms with Crippen LogP contribution in [0.2, 0.25) is 0 Å². The molecule has 0 amide bonds. The molecule has 0 aromatic heterocycles. The van der Waals surface area contributed by atoms with Crippen LogP contribution in [0.25, 0.3) is 0 Å². The fourth-order valence-electron chi connectivity index (χ4n) is 6.25. The third kappa shape index (κ3) is 2.56. The molecule has 0 bridgehead atoms. The first-order chi connectivity index (χ1) is 14.1. The number of ketones is 1. The topological polar surface area (TPSA) is 20.3 Å². The zero-order chi connectivity index (χ0) is 19.7. The molecule has 0 unspecified atom stereocenters. The van der Waals surface area contributed by atoms with Gasteiger partial charge in [-0.15, -0.1) is 0 Å². The second-order valence-electron chi connectivity index (χ2n) is 9.01. The molecule has 2 aromatic rings. The number of carbonyl (C=O) groups excluding carboxylic acids is 1. The zero-order valence-corrected chi connectivity index (χ0v) is 18.1. The molecular formula is C26H24BrNO. The molecule has 2 aliphatic heterocycles. The Morgan fingerprint density at radius 3 is 2.59 bits per heavy atom. The fraction of sp³-hybridized carbons (Fsp3) is 0.346. The molecule has 3 heteroatoms. The highest BCUT2D eigenvalue weighted by Crippen LogP contribution is 2.59. The molecule has 2 nitrogen and oxygen atoms in total. The number of anilines is 1. The molecule has 6 rings (SSSR count). The first-order valence-electron chi connectivity index (χ1n) is 10.7. The standard InChI is InChI=1S/C26H24BrNO/c1-15(29)18-12-23-20-8-3-6-17(20)14-28-25(16-5-2-7-19(27)11-16)22-10-4-9-21(22)24(13-18)26(23)28/h2-5,7-9,11-13,17,20-22,25H,6,10,14H2,1H3/t17-,20-,21-,22-,25-/m0/s1. The van der Waals surface area contributed by atoms with Crippen molar-refractivity contribution in [2.75, 3.05) is 11.4 Å². The van der Waals surface area contributed by atoms with Crippen molar-refractivity contribution in [1.82, 2.24) is 0 Å². The lowest BCUT2D eigenvalue weighted by atomic mass is 9.70. The zero-order valence-electron chi connectivity index (χ0n) is 16.5. The molecule has 29 heavy (non-hydrogen) atoms. The molecule has 2 aliphatic carbocycles. The van der Waals surface area contributed by atoms with Crippen molar-refractivity contribution in [3.63, 3.8) is 0 Å². The van der Waals surface area contributed by atoms with Gasteiger partial charge in [-0.1, -0.05) is 52.4 Å². The molecule has 4 aliphatic rings. The van der Waals surface area contributed by atoms with Crippen LogP contribution in [0.1, 0.15) is 64.7 Å². The summed E-state index contributed by atoms with van der Waals surface area (Å²) >= 11 is 3.69. The van der Waals surface area contributed by atoms with Gasteiger partial charge in [0.2, 0.25) is 0 Å². The number of hydrogen-bond donors (Lipinski definition) is 0. The number of benzene rings is 2. The Bertz CT molecular complexity index is 1070. The summed E-state index contributed by atoms with van der Waals surface area (Å²) in [5, 5.41) is 0. The van der Waals surface area contributed by atoms with Crippen molar-refractivity contribution < 1.29 is 4.79 Å². The van der Waals surface area contributed by atoms with Crippen LogP contribution in [-0.2, 0) is 0 Å². The third-order valence-corrected chi connectivity index (χ3v) is 7.94. The Kier molecular flexibility index (Phi) is 3.93. The summed E-state index contributed by atoms with van der Waals surface area (Å²) in [7, 11) is 0. The molecule has 0 spiro atoms. The number of rotatable bonds is 2. The van der Waals surface area contributed by atoms with Gasteiger partial charge in [0, 0.05) is 34.1 Å². The molecule has 0 radical (unpaired) electrons. The molecular weight excluding hydrogens is 422 g/mol. The SMILES string of the molecule is CC(=O)c1cc2c3c(c1)[C@H]1C=CC[C@@H]1[C@H](c1cccc(Br)c1)N3C[C@@H]1CC=C[C@H]21. The van der Waals surface area contributed by atoms with Crippen LogP contribution < -0.4 is 4.90 Å². The number of allylic oxidation sites excluding steroid dienone is 4. The molecule has 0 saturated carbocycles. The lowest BCUT2D eigenvalue weighted by Gasteiger charge is -2.51. The number of halogens is 1. The minimum absolute atomic E-state index is 0.173. The van der Waals surface area contributed by atoms with Crippen molar-refractivity contribution in [2.24, 2.45) is 11.8 Å². The average Bonchev–Trinajstić information content (AvgIpc) is 3.37. The van der Waals surface area contributed by atoms with Crippen LogP contribution in [0, 0.1) is 11.8 Å². The van der Waals surface area contributed by atoms with E-state index in [1.165, 1.54) is 22.4 Å². The van der Waals surface area contributed by atoms with Crippen LogP contribution in [0.4, 0.5) is 5.69 Å². The van der Waals surface area contributed by atoms with Gasteiger partial charge in [-0.3, -0.25) is 4.79 Å². The Labute approximate surface area is 180 Å². The maximum atomic E-state index is 12.4. The van der Waals surface area contributed by atoms with Gasteiger partial charge >= 0.3 is 0 Å². The van der Waals surface area contributed by atoms with E-state index in [4.69, 9.17) is 0 Å². The van der Waals surface area contributed by atoms with E-state index in [1.807, 2.05) is 0 Å². The van der Waals surface area contributed by atoms with Crippen molar-refractivity contribution in [2.45, 2.75) is 37.6 Å². The number of Topliss-reactive ketones (excluding diaryl/α,β-unsaturated/α-hetero) is 1. The maximum absolute atomic E-state index is 12.4. The van der Waals surface area contributed by atoms with Gasteiger partial charge in [-0.25, -0.2) is 0 Å². The first-order valence-corrected chi connectivity index (χ1v) is 11.5. The second-order valence-corrected chi connectivity index (χ2v) is 9.93. The normalized spacial score (nSPS) is 30.8. The van der Waals surface area contributed by atoms with E-state index in [2.05, 4.69) is 81.5 Å². The highest BCUT2D eigenvalue weighted by molar-refractivity contribution is 9.10. The van der Waals surface area contributed by atoms with E-state index in [0.717, 1.165) is 29.4 Å². The summed E-state index contributed by atoms with van der Waals surface area (Å²) < 4.78 is 1.15. The lowest BCUT2D eigenvalue weighted by Crippen LogP contribution is -2.46.